The fraction of sp³-hybridized carbons (Fsp3) is 0.381. The van der Waals surface area contributed by atoms with Crippen LogP contribution in [0.15, 0.2) is 36.4 Å². The van der Waals surface area contributed by atoms with Gasteiger partial charge in [0.05, 0.1) is 39.0 Å². The van der Waals surface area contributed by atoms with Crippen LogP contribution in [0.4, 0.5) is 4.39 Å². The second-order valence-corrected chi connectivity index (χ2v) is 6.59. The van der Waals surface area contributed by atoms with Gasteiger partial charge in [0.25, 0.3) is 5.91 Å². The summed E-state index contributed by atoms with van der Waals surface area (Å²) in [6.45, 7) is 1.88. The third kappa shape index (κ3) is 3.68. The highest BCUT2D eigenvalue weighted by Crippen LogP contribution is 2.36. The lowest BCUT2D eigenvalue weighted by Crippen LogP contribution is -2.49. The Morgan fingerprint density at radius 2 is 2.00 bits per heavy atom. The molecule has 0 saturated carbocycles. The van der Waals surface area contributed by atoms with Crippen molar-refractivity contribution in [1.29, 1.82) is 0 Å². The highest BCUT2D eigenvalue weighted by atomic mass is 19.1. The number of hydrogen-bond acceptors (Lipinski definition) is 5. The lowest BCUT2D eigenvalue weighted by atomic mass is 9.96. The van der Waals surface area contributed by atoms with Gasteiger partial charge in [0.15, 0.2) is 11.5 Å². The molecule has 0 spiro atoms. The lowest BCUT2D eigenvalue weighted by molar-refractivity contribution is -0.0812. The summed E-state index contributed by atoms with van der Waals surface area (Å²) in [4.78, 5) is 14.7. The van der Waals surface area contributed by atoms with Crippen molar-refractivity contribution >= 4 is 5.91 Å². The third-order valence-electron chi connectivity index (χ3n) is 4.96. The molecule has 1 saturated heterocycles. The third-order valence-corrected chi connectivity index (χ3v) is 4.96. The van der Waals surface area contributed by atoms with Gasteiger partial charge in [0, 0.05) is 6.54 Å². The minimum atomic E-state index is -0.635. The Bertz CT molecular complexity index is 857. The molecule has 2 atom stereocenters. The number of morpholine rings is 1. The van der Waals surface area contributed by atoms with Crippen molar-refractivity contribution < 1.29 is 28.5 Å². The standard InChI is InChI=1S/C21H24FNO5/c1-13-5-4-6-15(19(13)22)21(25)23-9-10-28-18(12-24)20(23)14-7-8-16(26-2)17(11-14)27-3/h4-8,11,18,20,24H,9-10,12H2,1-3H3. The number of carbonyl (C=O) groups excluding carboxylic acids is 1. The average molecular weight is 389 g/mol. The van der Waals surface area contributed by atoms with Crippen LogP contribution in [0, 0.1) is 12.7 Å². The summed E-state index contributed by atoms with van der Waals surface area (Å²) in [7, 11) is 3.06. The van der Waals surface area contributed by atoms with Gasteiger partial charge in [-0.15, -0.1) is 0 Å². The van der Waals surface area contributed by atoms with Crippen LogP contribution in [-0.2, 0) is 4.74 Å². The molecule has 0 aromatic heterocycles. The largest absolute Gasteiger partial charge is 0.493 e. The molecule has 1 aliphatic heterocycles. The Hall–Kier alpha value is -2.64. The van der Waals surface area contributed by atoms with Crippen LogP contribution in [-0.4, -0.2) is 56.0 Å². The van der Waals surface area contributed by atoms with Gasteiger partial charge < -0.3 is 24.2 Å². The van der Waals surface area contributed by atoms with E-state index in [1.54, 1.807) is 42.2 Å². The zero-order valence-corrected chi connectivity index (χ0v) is 16.1. The number of aliphatic hydroxyl groups excluding tert-OH is 1. The predicted octanol–water partition coefficient (Wildman–Crippen LogP) is 2.73. The van der Waals surface area contributed by atoms with E-state index in [4.69, 9.17) is 14.2 Å². The molecule has 3 rings (SSSR count). The van der Waals surface area contributed by atoms with Crippen LogP contribution < -0.4 is 9.47 Å². The highest BCUT2D eigenvalue weighted by Gasteiger charge is 2.37. The number of methoxy groups -OCH3 is 2. The van der Waals surface area contributed by atoms with Crippen LogP contribution in [0.25, 0.3) is 0 Å². The summed E-state index contributed by atoms with van der Waals surface area (Å²) in [6.07, 6.45) is -0.635. The number of carbonyl (C=O) groups is 1. The molecule has 1 N–H and O–H groups in total. The molecular formula is C21H24FNO5. The van der Waals surface area contributed by atoms with E-state index in [0.29, 0.717) is 22.6 Å². The zero-order valence-electron chi connectivity index (χ0n) is 16.1. The van der Waals surface area contributed by atoms with Crippen LogP contribution in [0.2, 0.25) is 0 Å². The van der Waals surface area contributed by atoms with Crippen molar-refractivity contribution in [2.75, 3.05) is 34.0 Å². The molecule has 7 heteroatoms. The zero-order chi connectivity index (χ0) is 20.3. The van der Waals surface area contributed by atoms with Crippen molar-refractivity contribution in [3.63, 3.8) is 0 Å². The Morgan fingerprint density at radius 3 is 2.68 bits per heavy atom. The normalized spacial score (nSPS) is 19.4. The first-order valence-corrected chi connectivity index (χ1v) is 9.02. The summed E-state index contributed by atoms with van der Waals surface area (Å²) in [6, 6.07) is 9.41. The van der Waals surface area contributed by atoms with Gasteiger partial charge >= 0.3 is 0 Å². The van der Waals surface area contributed by atoms with Crippen molar-refractivity contribution in [1.82, 2.24) is 4.90 Å². The summed E-state index contributed by atoms with van der Waals surface area (Å²) < 4.78 is 30.9. The van der Waals surface area contributed by atoms with Crippen LogP contribution >= 0.6 is 0 Å². The van der Waals surface area contributed by atoms with E-state index in [-0.39, 0.29) is 25.3 Å². The molecule has 6 nitrogen and oxygen atoms in total. The van der Waals surface area contributed by atoms with E-state index in [1.807, 2.05) is 0 Å². The van der Waals surface area contributed by atoms with Gasteiger partial charge in [-0.3, -0.25) is 4.79 Å². The first kappa shape index (κ1) is 20.1. The molecule has 0 radical (unpaired) electrons. The second kappa shape index (κ2) is 8.58. The molecule has 0 aliphatic carbocycles. The second-order valence-electron chi connectivity index (χ2n) is 6.59. The van der Waals surface area contributed by atoms with Gasteiger partial charge in [-0.25, -0.2) is 4.39 Å². The molecule has 1 fully saturated rings. The molecule has 2 aromatic carbocycles. The number of nitrogens with zero attached hydrogens (tertiary/aromatic N) is 1. The maximum absolute atomic E-state index is 14.6. The molecule has 2 aromatic rings. The Balaban J connectivity index is 2.04. The van der Waals surface area contributed by atoms with Gasteiger partial charge in [0.1, 0.15) is 11.9 Å². The summed E-state index contributed by atoms with van der Waals surface area (Å²) >= 11 is 0. The van der Waals surface area contributed by atoms with E-state index in [2.05, 4.69) is 0 Å². The predicted molar refractivity (Wildman–Crippen MR) is 101 cm³/mol. The van der Waals surface area contributed by atoms with Gasteiger partial charge in [-0.1, -0.05) is 18.2 Å². The maximum atomic E-state index is 14.6. The summed E-state index contributed by atoms with van der Waals surface area (Å²) in [5.41, 5.74) is 1.11. The first-order valence-electron chi connectivity index (χ1n) is 9.02. The van der Waals surface area contributed by atoms with Crippen LogP contribution in [0.5, 0.6) is 11.5 Å². The van der Waals surface area contributed by atoms with Crippen LogP contribution in [0.3, 0.4) is 0 Å². The van der Waals surface area contributed by atoms with Crippen molar-refractivity contribution in [2.45, 2.75) is 19.1 Å². The fourth-order valence-electron chi connectivity index (χ4n) is 3.51. The molecule has 150 valence electrons. The number of halogens is 1. The minimum absolute atomic E-state index is 0.00377. The van der Waals surface area contributed by atoms with E-state index < -0.39 is 23.9 Å². The van der Waals surface area contributed by atoms with E-state index in [9.17, 15) is 14.3 Å². The fourth-order valence-corrected chi connectivity index (χ4v) is 3.51. The van der Waals surface area contributed by atoms with Gasteiger partial charge in [0.2, 0.25) is 0 Å². The highest BCUT2D eigenvalue weighted by molar-refractivity contribution is 5.95. The van der Waals surface area contributed by atoms with Gasteiger partial charge in [-0.05, 0) is 36.2 Å². The molecular weight excluding hydrogens is 365 g/mol. The molecule has 2 unspecified atom stereocenters. The average Bonchev–Trinajstić information content (AvgIpc) is 2.74. The number of rotatable bonds is 5. The Labute approximate surface area is 163 Å². The van der Waals surface area contributed by atoms with Crippen LogP contribution in [0.1, 0.15) is 27.5 Å². The molecule has 1 heterocycles. The Morgan fingerprint density at radius 1 is 1.25 bits per heavy atom. The lowest BCUT2D eigenvalue weighted by Gasteiger charge is -2.41. The van der Waals surface area contributed by atoms with E-state index >= 15 is 0 Å². The summed E-state index contributed by atoms with van der Waals surface area (Å²) in [5, 5.41) is 9.83. The quantitative estimate of drug-likeness (QED) is 0.852. The van der Waals surface area contributed by atoms with Gasteiger partial charge in [-0.2, -0.15) is 0 Å². The molecule has 0 bridgehead atoms. The topological polar surface area (TPSA) is 68.2 Å². The van der Waals surface area contributed by atoms with E-state index in [0.717, 1.165) is 0 Å². The first-order chi connectivity index (χ1) is 13.5. The number of benzene rings is 2. The van der Waals surface area contributed by atoms with Crippen molar-refractivity contribution in [3.8, 4) is 11.5 Å². The molecule has 28 heavy (non-hydrogen) atoms. The molecule has 1 amide bonds. The number of hydrogen-bond donors (Lipinski definition) is 1. The smallest absolute Gasteiger partial charge is 0.257 e. The van der Waals surface area contributed by atoms with Crippen molar-refractivity contribution in [2.24, 2.45) is 0 Å². The number of aryl methyl sites for hydroxylation is 1. The molecule has 1 aliphatic rings. The van der Waals surface area contributed by atoms with Crippen molar-refractivity contribution in [3.05, 3.63) is 58.9 Å². The van der Waals surface area contributed by atoms with E-state index in [1.165, 1.54) is 20.3 Å². The maximum Gasteiger partial charge on any atom is 0.257 e. The number of amides is 1. The Kier molecular flexibility index (Phi) is 6.16. The monoisotopic (exact) mass is 389 g/mol. The SMILES string of the molecule is COc1ccc(C2C(CO)OCCN2C(=O)c2cccc(C)c2F)cc1OC. The number of ether oxygens (including phenoxy) is 3. The number of aliphatic hydroxyl groups is 1. The minimum Gasteiger partial charge on any atom is -0.493 e. The summed E-state index contributed by atoms with van der Waals surface area (Å²) in [5.74, 6) is 0.0656.